The number of ether oxygens (including phenoxy) is 1. The summed E-state index contributed by atoms with van der Waals surface area (Å²) in [5.74, 6) is -0.396. The van der Waals surface area contributed by atoms with Gasteiger partial charge in [-0.25, -0.2) is 9.78 Å². The molecule has 0 saturated heterocycles. The minimum absolute atomic E-state index is 0.141. The first-order valence-electron chi connectivity index (χ1n) is 5.57. The predicted octanol–water partition coefficient (Wildman–Crippen LogP) is 1.87. The molecule has 0 aliphatic heterocycles. The monoisotopic (exact) mass is 266 g/mol. The number of hydrogen-bond donors (Lipinski definition) is 0. The molecule has 0 aliphatic carbocycles. The van der Waals surface area contributed by atoms with E-state index in [9.17, 15) is 9.59 Å². The van der Waals surface area contributed by atoms with Crippen molar-refractivity contribution in [1.29, 1.82) is 0 Å². The van der Waals surface area contributed by atoms with Crippen LogP contribution in [0.3, 0.4) is 0 Å². The number of fused-ring (bicyclic) bond motifs is 1. The van der Waals surface area contributed by atoms with Gasteiger partial charge in [-0.05, 0) is 26.3 Å². The number of hydrogen-bond acceptors (Lipinski definition) is 5. The van der Waals surface area contributed by atoms with Crippen LogP contribution in [0.2, 0.25) is 0 Å². The summed E-state index contributed by atoms with van der Waals surface area (Å²) in [4.78, 5) is 29.1. The lowest BCUT2D eigenvalue weighted by Crippen LogP contribution is -2.17. The molecular weight excluding hydrogens is 252 g/mol. The Bertz CT molecular complexity index is 670. The number of aryl methyl sites for hydroxylation is 2. The van der Waals surface area contributed by atoms with Crippen LogP contribution in [0.1, 0.15) is 29.1 Å². The van der Waals surface area contributed by atoms with E-state index in [-0.39, 0.29) is 11.7 Å². The molecule has 96 valence electrons. The summed E-state index contributed by atoms with van der Waals surface area (Å²) in [5.41, 5.74) is 0.506. The highest BCUT2D eigenvalue weighted by Gasteiger charge is 2.20. The SMILES string of the molecule is Cc1c(C(=O)OC(C)C)sc2ncn(C)c(=O)c12. The summed E-state index contributed by atoms with van der Waals surface area (Å²) in [7, 11) is 1.64. The minimum Gasteiger partial charge on any atom is -0.459 e. The largest absolute Gasteiger partial charge is 0.459 e. The molecule has 0 atom stereocenters. The topological polar surface area (TPSA) is 61.2 Å². The Hall–Kier alpha value is -1.69. The van der Waals surface area contributed by atoms with E-state index < -0.39 is 5.97 Å². The van der Waals surface area contributed by atoms with Crippen LogP contribution in [0.4, 0.5) is 0 Å². The van der Waals surface area contributed by atoms with Gasteiger partial charge in [-0.3, -0.25) is 4.79 Å². The van der Waals surface area contributed by atoms with Gasteiger partial charge in [0.15, 0.2) is 0 Å². The van der Waals surface area contributed by atoms with Crippen molar-refractivity contribution in [2.75, 3.05) is 0 Å². The van der Waals surface area contributed by atoms with Crippen LogP contribution in [0.15, 0.2) is 11.1 Å². The molecule has 0 unspecified atom stereocenters. The Balaban J connectivity index is 2.62. The second-order valence-electron chi connectivity index (χ2n) is 4.35. The number of thiophene rings is 1. The van der Waals surface area contributed by atoms with Gasteiger partial charge < -0.3 is 9.30 Å². The zero-order chi connectivity index (χ0) is 13.4. The zero-order valence-electron chi connectivity index (χ0n) is 10.7. The number of nitrogens with zero attached hydrogens (tertiary/aromatic N) is 2. The molecule has 2 aromatic rings. The third-order valence-electron chi connectivity index (χ3n) is 2.54. The van der Waals surface area contributed by atoms with Gasteiger partial charge in [-0.15, -0.1) is 11.3 Å². The maximum absolute atomic E-state index is 12.0. The fourth-order valence-corrected chi connectivity index (χ4v) is 2.69. The quantitative estimate of drug-likeness (QED) is 0.778. The summed E-state index contributed by atoms with van der Waals surface area (Å²) in [6.07, 6.45) is 1.27. The molecule has 0 aliphatic rings. The molecule has 0 N–H and O–H groups in total. The van der Waals surface area contributed by atoms with Crippen LogP contribution >= 0.6 is 11.3 Å². The van der Waals surface area contributed by atoms with E-state index >= 15 is 0 Å². The first kappa shape index (κ1) is 12.8. The number of carbonyl (C=O) groups excluding carboxylic acids is 1. The van der Waals surface area contributed by atoms with E-state index in [1.54, 1.807) is 27.8 Å². The summed E-state index contributed by atoms with van der Waals surface area (Å²) >= 11 is 1.20. The van der Waals surface area contributed by atoms with Crippen molar-refractivity contribution in [3.05, 3.63) is 27.1 Å². The van der Waals surface area contributed by atoms with E-state index in [0.717, 1.165) is 0 Å². The lowest BCUT2D eigenvalue weighted by atomic mass is 10.2. The van der Waals surface area contributed by atoms with Crippen molar-refractivity contribution in [3.8, 4) is 0 Å². The molecule has 0 aromatic carbocycles. The Kier molecular flexibility index (Phi) is 3.21. The molecule has 2 aromatic heterocycles. The lowest BCUT2D eigenvalue weighted by molar-refractivity contribution is 0.0383. The molecule has 0 spiro atoms. The summed E-state index contributed by atoms with van der Waals surface area (Å²) in [5, 5.41) is 0.501. The van der Waals surface area contributed by atoms with Crippen molar-refractivity contribution in [2.24, 2.45) is 7.05 Å². The molecule has 2 rings (SSSR count). The van der Waals surface area contributed by atoms with E-state index in [2.05, 4.69) is 4.98 Å². The summed E-state index contributed by atoms with van der Waals surface area (Å²) in [6.45, 7) is 5.33. The Morgan fingerprint density at radius 2 is 2.17 bits per heavy atom. The number of esters is 1. The smallest absolute Gasteiger partial charge is 0.348 e. The van der Waals surface area contributed by atoms with Gasteiger partial charge in [0.25, 0.3) is 5.56 Å². The van der Waals surface area contributed by atoms with Gasteiger partial charge in [0.05, 0.1) is 17.8 Å². The van der Waals surface area contributed by atoms with Crippen molar-refractivity contribution < 1.29 is 9.53 Å². The first-order chi connectivity index (χ1) is 8.41. The fourth-order valence-electron chi connectivity index (χ4n) is 1.67. The third kappa shape index (κ3) is 2.03. The molecule has 18 heavy (non-hydrogen) atoms. The molecular formula is C12H14N2O3S. The summed E-state index contributed by atoms with van der Waals surface area (Å²) < 4.78 is 6.55. The maximum Gasteiger partial charge on any atom is 0.348 e. The first-order valence-corrected chi connectivity index (χ1v) is 6.39. The molecule has 0 radical (unpaired) electrons. The summed E-state index contributed by atoms with van der Waals surface area (Å²) in [6, 6.07) is 0. The zero-order valence-corrected chi connectivity index (χ0v) is 11.5. The van der Waals surface area contributed by atoms with Gasteiger partial charge in [-0.2, -0.15) is 0 Å². The van der Waals surface area contributed by atoms with Crippen molar-refractivity contribution in [2.45, 2.75) is 26.9 Å². The molecule has 6 heteroatoms. The van der Waals surface area contributed by atoms with Gasteiger partial charge >= 0.3 is 5.97 Å². The van der Waals surface area contributed by atoms with Crippen LogP contribution < -0.4 is 5.56 Å². The van der Waals surface area contributed by atoms with E-state index in [0.29, 0.717) is 20.7 Å². The predicted molar refractivity (Wildman–Crippen MR) is 70.1 cm³/mol. The van der Waals surface area contributed by atoms with E-state index in [4.69, 9.17) is 4.74 Å². The lowest BCUT2D eigenvalue weighted by Gasteiger charge is -2.06. The van der Waals surface area contributed by atoms with E-state index in [1.807, 2.05) is 0 Å². The van der Waals surface area contributed by atoms with Gasteiger partial charge in [0.2, 0.25) is 0 Å². The van der Waals surface area contributed by atoms with Crippen molar-refractivity contribution in [1.82, 2.24) is 9.55 Å². The molecule has 5 nitrogen and oxygen atoms in total. The van der Waals surface area contributed by atoms with Crippen LogP contribution in [0.5, 0.6) is 0 Å². The Morgan fingerprint density at radius 1 is 1.50 bits per heavy atom. The number of carbonyl (C=O) groups is 1. The second kappa shape index (κ2) is 4.53. The minimum atomic E-state index is -0.396. The Morgan fingerprint density at radius 3 is 2.78 bits per heavy atom. The van der Waals surface area contributed by atoms with Crippen molar-refractivity contribution in [3.63, 3.8) is 0 Å². The molecule has 0 amide bonds. The second-order valence-corrected chi connectivity index (χ2v) is 5.35. The fraction of sp³-hybridized carbons (Fsp3) is 0.417. The van der Waals surface area contributed by atoms with Crippen LogP contribution in [0.25, 0.3) is 10.2 Å². The van der Waals surface area contributed by atoms with Crippen LogP contribution in [0, 0.1) is 6.92 Å². The molecule has 2 heterocycles. The number of aromatic nitrogens is 2. The molecule has 0 bridgehead atoms. The highest BCUT2D eigenvalue weighted by Crippen LogP contribution is 2.27. The van der Waals surface area contributed by atoms with Gasteiger partial charge in [-0.1, -0.05) is 0 Å². The normalized spacial score (nSPS) is 11.2. The molecule has 0 saturated carbocycles. The average molecular weight is 266 g/mol. The average Bonchev–Trinajstić information content (AvgIpc) is 2.61. The highest BCUT2D eigenvalue weighted by molar-refractivity contribution is 7.20. The third-order valence-corrected chi connectivity index (χ3v) is 3.72. The maximum atomic E-state index is 12.0. The molecule has 0 fully saturated rings. The highest BCUT2D eigenvalue weighted by atomic mass is 32.1. The van der Waals surface area contributed by atoms with E-state index in [1.165, 1.54) is 22.2 Å². The number of rotatable bonds is 2. The van der Waals surface area contributed by atoms with Gasteiger partial charge in [0.1, 0.15) is 9.71 Å². The van der Waals surface area contributed by atoms with Crippen LogP contribution in [-0.4, -0.2) is 21.6 Å². The Labute approximate surface area is 108 Å². The van der Waals surface area contributed by atoms with Crippen molar-refractivity contribution >= 4 is 27.5 Å². The van der Waals surface area contributed by atoms with Gasteiger partial charge in [0, 0.05) is 7.05 Å². The van der Waals surface area contributed by atoms with Crippen LogP contribution in [-0.2, 0) is 11.8 Å². The standard InChI is InChI=1S/C12H14N2O3S/c1-6(2)17-12(16)9-7(3)8-10(18-9)13-5-14(4)11(8)15/h5-6H,1-4H3.